The Hall–Kier alpha value is -0.610. The third-order valence-corrected chi connectivity index (χ3v) is 3.26. The maximum atomic E-state index is 10.8. The van der Waals surface area contributed by atoms with Crippen LogP contribution in [0.5, 0.6) is 0 Å². The lowest BCUT2D eigenvalue weighted by molar-refractivity contribution is -0.141. The van der Waals surface area contributed by atoms with E-state index in [9.17, 15) is 4.79 Å². The molecule has 1 unspecified atom stereocenters. The van der Waals surface area contributed by atoms with Crippen LogP contribution in [-0.2, 0) is 9.53 Å². The Kier molecular flexibility index (Phi) is 5.77. The normalized spacial score (nSPS) is 19.9. The summed E-state index contributed by atoms with van der Waals surface area (Å²) in [5, 5.41) is 8.89. The van der Waals surface area contributed by atoms with Gasteiger partial charge in [0.25, 0.3) is 0 Å². The van der Waals surface area contributed by atoms with Crippen molar-refractivity contribution in [3.63, 3.8) is 0 Å². The molecule has 1 N–H and O–H groups in total. The summed E-state index contributed by atoms with van der Waals surface area (Å²) in [5.74, 6) is -0.306. The molecule has 94 valence electrons. The van der Waals surface area contributed by atoms with Gasteiger partial charge in [-0.3, -0.25) is 4.79 Å². The second-order valence-corrected chi connectivity index (χ2v) is 4.65. The van der Waals surface area contributed by atoms with Crippen molar-refractivity contribution in [1.82, 2.24) is 4.90 Å². The van der Waals surface area contributed by atoms with Crippen molar-refractivity contribution in [1.29, 1.82) is 0 Å². The molecule has 1 aliphatic heterocycles. The fourth-order valence-corrected chi connectivity index (χ4v) is 2.09. The standard InChI is InChI=1S/C12H23NO3/c1-3-13(8-10(2)12(14)15)9-11-4-6-16-7-5-11/h10-11H,3-9H2,1-2H3,(H,14,15). The molecule has 0 aromatic rings. The minimum absolute atomic E-state index is 0.278. The third kappa shape index (κ3) is 4.49. The van der Waals surface area contributed by atoms with E-state index in [1.165, 1.54) is 0 Å². The van der Waals surface area contributed by atoms with Gasteiger partial charge in [-0.25, -0.2) is 0 Å². The van der Waals surface area contributed by atoms with Gasteiger partial charge in [0.15, 0.2) is 0 Å². The van der Waals surface area contributed by atoms with Crippen LogP contribution in [-0.4, -0.2) is 48.8 Å². The Balaban J connectivity index is 2.32. The highest BCUT2D eigenvalue weighted by atomic mass is 16.5. The van der Waals surface area contributed by atoms with Crippen molar-refractivity contribution < 1.29 is 14.6 Å². The molecule has 4 heteroatoms. The summed E-state index contributed by atoms with van der Waals surface area (Å²) in [6.07, 6.45) is 2.22. The largest absolute Gasteiger partial charge is 0.481 e. The number of aliphatic carboxylic acids is 1. The molecule has 4 nitrogen and oxygen atoms in total. The van der Waals surface area contributed by atoms with E-state index in [4.69, 9.17) is 9.84 Å². The van der Waals surface area contributed by atoms with Crippen LogP contribution in [0, 0.1) is 11.8 Å². The average molecular weight is 229 g/mol. The quantitative estimate of drug-likeness (QED) is 0.749. The zero-order valence-electron chi connectivity index (χ0n) is 10.3. The average Bonchev–Trinajstić information content (AvgIpc) is 2.29. The molecule has 0 aromatic heterocycles. The highest BCUT2D eigenvalue weighted by molar-refractivity contribution is 5.69. The maximum Gasteiger partial charge on any atom is 0.307 e. The number of carboxylic acid groups (broad SMARTS) is 1. The van der Waals surface area contributed by atoms with Gasteiger partial charge in [-0.15, -0.1) is 0 Å². The van der Waals surface area contributed by atoms with Crippen LogP contribution in [0.15, 0.2) is 0 Å². The summed E-state index contributed by atoms with van der Waals surface area (Å²) in [4.78, 5) is 13.0. The van der Waals surface area contributed by atoms with Gasteiger partial charge in [0.2, 0.25) is 0 Å². The van der Waals surface area contributed by atoms with E-state index in [1.54, 1.807) is 6.92 Å². The molecule has 16 heavy (non-hydrogen) atoms. The van der Waals surface area contributed by atoms with E-state index in [2.05, 4.69) is 11.8 Å². The lowest BCUT2D eigenvalue weighted by atomic mass is 9.99. The molecule has 1 rings (SSSR count). The molecular formula is C12H23NO3. The molecule has 1 saturated heterocycles. The number of hydrogen-bond acceptors (Lipinski definition) is 3. The molecular weight excluding hydrogens is 206 g/mol. The minimum Gasteiger partial charge on any atom is -0.481 e. The molecule has 0 aromatic carbocycles. The monoisotopic (exact) mass is 229 g/mol. The number of ether oxygens (including phenoxy) is 1. The van der Waals surface area contributed by atoms with Gasteiger partial charge in [-0.2, -0.15) is 0 Å². The SMILES string of the molecule is CCN(CC1CCOCC1)CC(C)C(=O)O. The summed E-state index contributed by atoms with van der Waals surface area (Å²) in [7, 11) is 0. The number of carbonyl (C=O) groups is 1. The van der Waals surface area contributed by atoms with Crippen LogP contribution >= 0.6 is 0 Å². The molecule has 1 aliphatic rings. The van der Waals surface area contributed by atoms with E-state index in [-0.39, 0.29) is 5.92 Å². The van der Waals surface area contributed by atoms with Gasteiger partial charge in [-0.05, 0) is 25.3 Å². The molecule has 1 atom stereocenters. The summed E-state index contributed by atoms with van der Waals surface area (Å²) in [6.45, 7) is 8.17. The first-order chi connectivity index (χ1) is 7.63. The van der Waals surface area contributed by atoms with Crippen molar-refractivity contribution in [3.8, 4) is 0 Å². The summed E-state index contributed by atoms with van der Waals surface area (Å²) in [6, 6.07) is 0. The van der Waals surface area contributed by atoms with Crippen molar-refractivity contribution in [2.24, 2.45) is 11.8 Å². The number of carboxylic acids is 1. The van der Waals surface area contributed by atoms with E-state index in [0.717, 1.165) is 39.1 Å². The Bertz CT molecular complexity index is 214. The van der Waals surface area contributed by atoms with Crippen LogP contribution in [0.25, 0.3) is 0 Å². The second kappa shape index (κ2) is 6.86. The molecule has 0 aliphatic carbocycles. The lowest BCUT2D eigenvalue weighted by Gasteiger charge is -2.29. The summed E-state index contributed by atoms with van der Waals surface area (Å²) >= 11 is 0. The maximum absolute atomic E-state index is 10.8. The fraction of sp³-hybridized carbons (Fsp3) is 0.917. The van der Waals surface area contributed by atoms with Gasteiger partial charge in [-0.1, -0.05) is 13.8 Å². The Morgan fingerprint density at radius 1 is 1.50 bits per heavy atom. The summed E-state index contributed by atoms with van der Waals surface area (Å²) < 4.78 is 5.32. The highest BCUT2D eigenvalue weighted by Crippen LogP contribution is 2.16. The molecule has 0 bridgehead atoms. The van der Waals surface area contributed by atoms with Crippen LogP contribution in [0.2, 0.25) is 0 Å². The Morgan fingerprint density at radius 2 is 2.12 bits per heavy atom. The van der Waals surface area contributed by atoms with Crippen LogP contribution in [0.4, 0.5) is 0 Å². The van der Waals surface area contributed by atoms with Gasteiger partial charge in [0.05, 0.1) is 5.92 Å². The zero-order valence-corrected chi connectivity index (χ0v) is 10.3. The number of rotatable bonds is 6. The molecule has 1 heterocycles. The molecule has 1 fully saturated rings. The number of nitrogens with zero attached hydrogens (tertiary/aromatic N) is 1. The first-order valence-corrected chi connectivity index (χ1v) is 6.16. The van der Waals surface area contributed by atoms with E-state index >= 15 is 0 Å². The van der Waals surface area contributed by atoms with Crippen molar-refractivity contribution in [2.45, 2.75) is 26.7 Å². The van der Waals surface area contributed by atoms with Crippen LogP contribution in [0.3, 0.4) is 0 Å². The van der Waals surface area contributed by atoms with Crippen molar-refractivity contribution in [3.05, 3.63) is 0 Å². The minimum atomic E-state index is -0.703. The first-order valence-electron chi connectivity index (χ1n) is 6.16. The van der Waals surface area contributed by atoms with Crippen LogP contribution in [0.1, 0.15) is 26.7 Å². The van der Waals surface area contributed by atoms with Gasteiger partial charge >= 0.3 is 5.97 Å². The van der Waals surface area contributed by atoms with Gasteiger partial charge in [0.1, 0.15) is 0 Å². The topological polar surface area (TPSA) is 49.8 Å². The lowest BCUT2D eigenvalue weighted by Crippen LogP contribution is -2.37. The van der Waals surface area contributed by atoms with Crippen molar-refractivity contribution >= 4 is 5.97 Å². The second-order valence-electron chi connectivity index (χ2n) is 4.65. The molecule has 0 radical (unpaired) electrons. The van der Waals surface area contributed by atoms with Crippen LogP contribution < -0.4 is 0 Å². The molecule has 0 amide bonds. The van der Waals surface area contributed by atoms with Gasteiger partial charge in [0, 0.05) is 26.3 Å². The predicted octanol–water partition coefficient (Wildman–Crippen LogP) is 1.46. The van der Waals surface area contributed by atoms with E-state index in [1.807, 2.05) is 0 Å². The molecule has 0 saturated carbocycles. The molecule has 0 spiro atoms. The Labute approximate surface area is 97.6 Å². The van der Waals surface area contributed by atoms with Crippen molar-refractivity contribution in [2.75, 3.05) is 32.8 Å². The van der Waals surface area contributed by atoms with E-state index in [0.29, 0.717) is 12.5 Å². The zero-order chi connectivity index (χ0) is 12.0. The smallest absolute Gasteiger partial charge is 0.307 e. The van der Waals surface area contributed by atoms with E-state index < -0.39 is 5.97 Å². The first kappa shape index (κ1) is 13.5. The Morgan fingerprint density at radius 3 is 2.62 bits per heavy atom. The van der Waals surface area contributed by atoms with Gasteiger partial charge < -0.3 is 14.7 Å². The fourth-order valence-electron chi connectivity index (χ4n) is 2.09. The number of hydrogen-bond donors (Lipinski definition) is 1. The summed E-state index contributed by atoms with van der Waals surface area (Å²) in [5.41, 5.74) is 0. The highest BCUT2D eigenvalue weighted by Gasteiger charge is 2.20. The third-order valence-electron chi connectivity index (χ3n) is 3.26. The predicted molar refractivity (Wildman–Crippen MR) is 62.5 cm³/mol.